The first kappa shape index (κ1) is 20.2. The predicted octanol–water partition coefficient (Wildman–Crippen LogP) is 1.44. The van der Waals surface area contributed by atoms with Crippen LogP contribution in [0, 0.1) is 0 Å². The number of carbonyl (C=O) groups is 2. The Balaban J connectivity index is 1.61. The fraction of sp³-hybridized carbons (Fsp3) is 0.895. The molecule has 0 atom stereocenters. The van der Waals surface area contributed by atoms with Gasteiger partial charge in [-0.1, -0.05) is 25.7 Å². The van der Waals surface area contributed by atoms with E-state index in [1.54, 1.807) is 0 Å². The minimum Gasteiger partial charge on any atom is -0.342 e. The van der Waals surface area contributed by atoms with E-state index in [0.29, 0.717) is 13.0 Å². The Bertz CT molecular complexity index is 400. The summed E-state index contributed by atoms with van der Waals surface area (Å²) in [5.74, 6) is 0.535. The molecule has 25 heavy (non-hydrogen) atoms. The van der Waals surface area contributed by atoms with Gasteiger partial charge in [0.05, 0.1) is 6.54 Å². The molecule has 2 aliphatic heterocycles. The van der Waals surface area contributed by atoms with Gasteiger partial charge >= 0.3 is 0 Å². The number of hydrogen-bond donors (Lipinski definition) is 1. The zero-order chi connectivity index (χ0) is 17.9. The van der Waals surface area contributed by atoms with Crippen molar-refractivity contribution < 1.29 is 9.59 Å². The summed E-state index contributed by atoms with van der Waals surface area (Å²) in [6.07, 6.45) is 9.65. The predicted molar refractivity (Wildman–Crippen MR) is 100 cm³/mol. The van der Waals surface area contributed by atoms with Gasteiger partial charge in [-0.05, 0) is 32.2 Å². The fourth-order valence-electron chi connectivity index (χ4n) is 3.70. The molecule has 0 unspecified atom stereocenters. The molecule has 2 fully saturated rings. The monoisotopic (exact) mass is 352 g/mol. The molecule has 0 aromatic carbocycles. The summed E-state index contributed by atoms with van der Waals surface area (Å²) in [6.45, 7) is 6.25. The zero-order valence-corrected chi connectivity index (χ0v) is 15.8. The van der Waals surface area contributed by atoms with E-state index < -0.39 is 0 Å². The van der Waals surface area contributed by atoms with Crippen LogP contribution >= 0.6 is 0 Å². The van der Waals surface area contributed by atoms with Gasteiger partial charge in [-0.15, -0.1) is 0 Å². The lowest BCUT2D eigenvalue weighted by Crippen LogP contribution is -2.51. The number of unbranched alkanes of at least 4 members (excludes halogenated alkanes) is 3. The van der Waals surface area contributed by atoms with Crippen LogP contribution in [-0.4, -0.2) is 78.9 Å². The molecule has 0 spiro atoms. The number of piperazine rings is 1. The smallest absolute Gasteiger partial charge is 0.236 e. The van der Waals surface area contributed by atoms with Gasteiger partial charge in [0.1, 0.15) is 0 Å². The van der Waals surface area contributed by atoms with Crippen molar-refractivity contribution in [3.63, 3.8) is 0 Å². The van der Waals surface area contributed by atoms with E-state index in [-0.39, 0.29) is 11.8 Å². The summed E-state index contributed by atoms with van der Waals surface area (Å²) in [5, 5.41) is 0. The fourth-order valence-corrected chi connectivity index (χ4v) is 3.70. The van der Waals surface area contributed by atoms with Gasteiger partial charge in [0.15, 0.2) is 0 Å². The highest BCUT2D eigenvalue weighted by Gasteiger charge is 2.24. The van der Waals surface area contributed by atoms with Crippen molar-refractivity contribution in [2.75, 3.05) is 52.4 Å². The molecule has 0 aromatic rings. The van der Waals surface area contributed by atoms with E-state index in [1.807, 2.05) is 9.80 Å². The highest BCUT2D eigenvalue weighted by molar-refractivity contribution is 5.78. The third-order valence-corrected chi connectivity index (χ3v) is 5.39. The molecule has 2 rings (SSSR count). The standard InChI is InChI=1S/C19H36N4O2/c20-10-6-2-1-5-9-18(24)23-15-13-21(14-16-23)17-19(25)22-11-7-3-4-8-12-22/h1-17,20H2. The minimum absolute atomic E-state index is 0.265. The Morgan fingerprint density at radius 3 is 1.92 bits per heavy atom. The summed E-state index contributed by atoms with van der Waals surface area (Å²) in [6, 6.07) is 0. The maximum atomic E-state index is 12.5. The SMILES string of the molecule is NCCCCCCC(=O)N1CCN(CC(=O)N2CCCCCC2)CC1. The lowest BCUT2D eigenvalue weighted by Gasteiger charge is -2.35. The van der Waals surface area contributed by atoms with E-state index in [0.717, 1.165) is 84.3 Å². The first-order valence-corrected chi connectivity index (χ1v) is 10.2. The molecule has 2 N–H and O–H groups in total. The molecular weight excluding hydrogens is 316 g/mol. The van der Waals surface area contributed by atoms with Crippen LogP contribution in [-0.2, 0) is 9.59 Å². The number of rotatable bonds is 8. The summed E-state index contributed by atoms with van der Waals surface area (Å²) in [7, 11) is 0. The summed E-state index contributed by atoms with van der Waals surface area (Å²) in [5.41, 5.74) is 5.48. The molecule has 0 aromatic heterocycles. The number of hydrogen-bond acceptors (Lipinski definition) is 4. The molecule has 2 aliphatic rings. The van der Waals surface area contributed by atoms with Gasteiger partial charge in [0.2, 0.25) is 11.8 Å². The van der Waals surface area contributed by atoms with Crippen molar-refractivity contribution in [3.05, 3.63) is 0 Å². The van der Waals surface area contributed by atoms with Gasteiger partial charge < -0.3 is 15.5 Å². The summed E-state index contributed by atoms with van der Waals surface area (Å²) < 4.78 is 0. The molecule has 0 bridgehead atoms. The lowest BCUT2D eigenvalue weighted by atomic mass is 10.1. The van der Waals surface area contributed by atoms with Gasteiger partial charge in [-0.25, -0.2) is 0 Å². The highest BCUT2D eigenvalue weighted by atomic mass is 16.2. The average molecular weight is 353 g/mol. The van der Waals surface area contributed by atoms with Crippen molar-refractivity contribution in [3.8, 4) is 0 Å². The Morgan fingerprint density at radius 2 is 1.28 bits per heavy atom. The number of carbonyl (C=O) groups excluding carboxylic acids is 2. The molecule has 0 radical (unpaired) electrons. The van der Waals surface area contributed by atoms with Crippen LogP contribution in [0.2, 0.25) is 0 Å². The zero-order valence-electron chi connectivity index (χ0n) is 15.8. The first-order valence-electron chi connectivity index (χ1n) is 10.2. The second-order valence-electron chi connectivity index (χ2n) is 7.40. The van der Waals surface area contributed by atoms with E-state index >= 15 is 0 Å². The van der Waals surface area contributed by atoms with Crippen molar-refractivity contribution in [2.24, 2.45) is 5.73 Å². The molecule has 2 amide bonds. The van der Waals surface area contributed by atoms with E-state index in [1.165, 1.54) is 12.8 Å². The van der Waals surface area contributed by atoms with Crippen LogP contribution in [0.5, 0.6) is 0 Å². The number of amides is 2. The van der Waals surface area contributed by atoms with Gasteiger partial charge in [0, 0.05) is 45.7 Å². The second kappa shape index (κ2) is 11.5. The maximum absolute atomic E-state index is 12.5. The Kier molecular flexibility index (Phi) is 9.26. The van der Waals surface area contributed by atoms with Crippen LogP contribution in [0.1, 0.15) is 57.8 Å². The van der Waals surface area contributed by atoms with Crippen LogP contribution in [0.15, 0.2) is 0 Å². The third-order valence-electron chi connectivity index (χ3n) is 5.39. The normalized spacial score (nSPS) is 19.7. The number of nitrogens with zero attached hydrogens (tertiary/aromatic N) is 3. The Morgan fingerprint density at radius 1 is 0.680 bits per heavy atom. The van der Waals surface area contributed by atoms with Gasteiger partial charge in [0.25, 0.3) is 0 Å². The van der Waals surface area contributed by atoms with Crippen LogP contribution < -0.4 is 5.73 Å². The largest absolute Gasteiger partial charge is 0.342 e. The third kappa shape index (κ3) is 7.32. The molecule has 2 heterocycles. The summed E-state index contributed by atoms with van der Waals surface area (Å²) >= 11 is 0. The van der Waals surface area contributed by atoms with Crippen LogP contribution in [0.4, 0.5) is 0 Å². The van der Waals surface area contributed by atoms with Crippen molar-refractivity contribution in [1.82, 2.24) is 14.7 Å². The molecule has 0 saturated carbocycles. The molecule has 2 saturated heterocycles. The minimum atomic E-state index is 0.265. The molecule has 0 aliphatic carbocycles. The molecule has 6 heteroatoms. The molecular formula is C19H36N4O2. The first-order chi connectivity index (χ1) is 12.2. The highest BCUT2D eigenvalue weighted by Crippen LogP contribution is 2.12. The van der Waals surface area contributed by atoms with Crippen molar-refractivity contribution in [2.45, 2.75) is 57.8 Å². The van der Waals surface area contributed by atoms with E-state index in [9.17, 15) is 9.59 Å². The van der Waals surface area contributed by atoms with Gasteiger partial charge in [-0.3, -0.25) is 14.5 Å². The van der Waals surface area contributed by atoms with Crippen LogP contribution in [0.25, 0.3) is 0 Å². The number of likely N-dealkylation sites (tertiary alicyclic amines) is 1. The average Bonchev–Trinajstić information content (AvgIpc) is 2.91. The van der Waals surface area contributed by atoms with Crippen molar-refractivity contribution >= 4 is 11.8 Å². The lowest BCUT2D eigenvalue weighted by molar-refractivity contribution is -0.135. The van der Waals surface area contributed by atoms with Crippen LogP contribution in [0.3, 0.4) is 0 Å². The second-order valence-corrected chi connectivity index (χ2v) is 7.40. The van der Waals surface area contributed by atoms with E-state index in [4.69, 9.17) is 5.73 Å². The maximum Gasteiger partial charge on any atom is 0.236 e. The Labute approximate surface area is 152 Å². The molecule has 144 valence electrons. The van der Waals surface area contributed by atoms with Gasteiger partial charge in [-0.2, -0.15) is 0 Å². The summed E-state index contributed by atoms with van der Waals surface area (Å²) in [4.78, 5) is 30.9. The Hall–Kier alpha value is -1.14. The van der Waals surface area contributed by atoms with Crippen molar-refractivity contribution in [1.29, 1.82) is 0 Å². The topological polar surface area (TPSA) is 69.9 Å². The van der Waals surface area contributed by atoms with E-state index in [2.05, 4.69) is 4.90 Å². The quantitative estimate of drug-likeness (QED) is 0.671. The number of nitrogens with two attached hydrogens (primary N) is 1. The molecule has 6 nitrogen and oxygen atoms in total.